The zero-order valence-electron chi connectivity index (χ0n) is 15.5. The summed E-state index contributed by atoms with van der Waals surface area (Å²) in [6.07, 6.45) is 9.82. The van der Waals surface area contributed by atoms with Crippen LogP contribution in [-0.4, -0.2) is 0 Å². The molecule has 0 heterocycles. The van der Waals surface area contributed by atoms with Gasteiger partial charge in [-0.05, 0) is 92.0 Å². The van der Waals surface area contributed by atoms with E-state index in [1.807, 2.05) is 0 Å². The van der Waals surface area contributed by atoms with Crippen LogP contribution in [0, 0.1) is 35.2 Å². The summed E-state index contributed by atoms with van der Waals surface area (Å²) in [5, 5.41) is 0. The average Bonchev–Trinajstić information content (AvgIpc) is 2.69. The van der Waals surface area contributed by atoms with Gasteiger partial charge in [0.05, 0.1) is 0 Å². The first-order chi connectivity index (χ1) is 13.1. The van der Waals surface area contributed by atoms with Crippen LogP contribution in [0.3, 0.4) is 0 Å². The number of aryl methyl sites for hydroxylation is 1. The summed E-state index contributed by atoms with van der Waals surface area (Å²) in [4.78, 5) is 0. The molecule has 2 aliphatic rings. The molecule has 0 saturated heterocycles. The van der Waals surface area contributed by atoms with Crippen molar-refractivity contribution in [1.82, 2.24) is 0 Å². The van der Waals surface area contributed by atoms with Gasteiger partial charge in [0.25, 0.3) is 0 Å². The minimum absolute atomic E-state index is 0.000158. The van der Waals surface area contributed by atoms with Crippen molar-refractivity contribution in [2.24, 2.45) is 17.8 Å². The second kappa shape index (κ2) is 7.53. The van der Waals surface area contributed by atoms with Crippen molar-refractivity contribution < 1.29 is 13.2 Å². The van der Waals surface area contributed by atoms with Gasteiger partial charge in [0.2, 0.25) is 0 Å². The van der Waals surface area contributed by atoms with Gasteiger partial charge in [0, 0.05) is 11.1 Å². The molecule has 0 aromatic heterocycles. The van der Waals surface area contributed by atoms with Gasteiger partial charge in [-0.15, -0.1) is 6.58 Å². The van der Waals surface area contributed by atoms with Gasteiger partial charge in [-0.3, -0.25) is 0 Å². The first-order valence-corrected chi connectivity index (χ1v) is 9.95. The zero-order chi connectivity index (χ0) is 19.0. The Hall–Kier alpha value is -2.03. The van der Waals surface area contributed by atoms with Gasteiger partial charge in [-0.1, -0.05) is 18.2 Å². The zero-order valence-corrected chi connectivity index (χ0v) is 15.5. The molecule has 142 valence electrons. The fourth-order valence-corrected chi connectivity index (χ4v) is 4.98. The van der Waals surface area contributed by atoms with E-state index in [1.165, 1.54) is 37.8 Å². The molecule has 3 heteroatoms. The van der Waals surface area contributed by atoms with Gasteiger partial charge in [-0.2, -0.15) is 0 Å². The van der Waals surface area contributed by atoms with E-state index in [0.717, 1.165) is 36.5 Å². The third-order valence-electron chi connectivity index (χ3n) is 6.61. The summed E-state index contributed by atoms with van der Waals surface area (Å²) in [6, 6.07) is 7.19. The van der Waals surface area contributed by atoms with Crippen molar-refractivity contribution in [3.8, 4) is 11.1 Å². The number of benzene rings is 2. The molecule has 27 heavy (non-hydrogen) atoms. The molecule has 1 unspecified atom stereocenters. The monoisotopic (exact) mass is 370 g/mol. The van der Waals surface area contributed by atoms with Crippen LogP contribution in [0.25, 0.3) is 11.1 Å². The van der Waals surface area contributed by atoms with E-state index in [-0.39, 0.29) is 11.1 Å². The maximum atomic E-state index is 14.7. The summed E-state index contributed by atoms with van der Waals surface area (Å²) in [5.74, 6) is -0.437. The maximum absolute atomic E-state index is 14.7. The highest BCUT2D eigenvalue weighted by Crippen LogP contribution is 2.41. The summed E-state index contributed by atoms with van der Waals surface area (Å²) < 4.78 is 42.4. The summed E-state index contributed by atoms with van der Waals surface area (Å²) in [5.41, 5.74) is 2.28. The first kappa shape index (κ1) is 18.3. The van der Waals surface area contributed by atoms with Gasteiger partial charge in [-0.25, -0.2) is 13.2 Å². The van der Waals surface area contributed by atoms with Crippen molar-refractivity contribution in [1.29, 1.82) is 0 Å². The molecule has 0 radical (unpaired) electrons. The van der Waals surface area contributed by atoms with Crippen LogP contribution >= 0.6 is 0 Å². The second-order valence-electron chi connectivity index (χ2n) is 8.12. The molecular formula is C24H25F3. The normalized spacial score (nSPS) is 25.1. The molecule has 2 aromatic rings. The molecule has 0 spiro atoms. The Balaban J connectivity index is 1.57. The standard InChI is InChI=1S/C24H25F3/c1-2-15-6-8-16(9-7-15)17-10-11-18-13-21(23(26)14-19(18)12-17)20-4-3-5-22(25)24(20)27/h2-5,13-17H,1,6-12H2. The Labute approximate surface area is 159 Å². The van der Waals surface area contributed by atoms with Gasteiger partial charge < -0.3 is 0 Å². The van der Waals surface area contributed by atoms with Crippen LogP contribution in [0.1, 0.15) is 43.2 Å². The topological polar surface area (TPSA) is 0 Å². The van der Waals surface area contributed by atoms with Gasteiger partial charge >= 0.3 is 0 Å². The highest BCUT2D eigenvalue weighted by molar-refractivity contribution is 5.66. The molecule has 1 atom stereocenters. The molecule has 2 aromatic carbocycles. The number of hydrogen-bond acceptors (Lipinski definition) is 0. The molecule has 2 aliphatic carbocycles. The smallest absolute Gasteiger partial charge is 0.166 e. The van der Waals surface area contributed by atoms with E-state index >= 15 is 0 Å². The highest BCUT2D eigenvalue weighted by Gasteiger charge is 2.30. The van der Waals surface area contributed by atoms with Gasteiger partial charge in [0.15, 0.2) is 11.6 Å². The molecule has 4 rings (SSSR count). The number of halogens is 3. The quantitative estimate of drug-likeness (QED) is 0.517. The first-order valence-electron chi connectivity index (χ1n) is 9.95. The Morgan fingerprint density at radius 2 is 1.59 bits per heavy atom. The lowest BCUT2D eigenvalue weighted by atomic mass is 9.69. The third kappa shape index (κ3) is 3.56. The fraction of sp³-hybridized carbons (Fsp3) is 0.417. The van der Waals surface area contributed by atoms with Crippen LogP contribution in [-0.2, 0) is 12.8 Å². The third-order valence-corrected chi connectivity index (χ3v) is 6.61. The second-order valence-corrected chi connectivity index (χ2v) is 8.12. The molecule has 1 fully saturated rings. The molecule has 0 aliphatic heterocycles. The largest absolute Gasteiger partial charge is 0.206 e. The number of hydrogen-bond donors (Lipinski definition) is 0. The maximum Gasteiger partial charge on any atom is 0.166 e. The number of fused-ring (bicyclic) bond motifs is 1. The number of allylic oxidation sites excluding steroid dienone is 1. The Morgan fingerprint density at radius 3 is 2.33 bits per heavy atom. The minimum Gasteiger partial charge on any atom is -0.206 e. The van der Waals surface area contributed by atoms with Crippen LogP contribution in [0.4, 0.5) is 13.2 Å². The lowest BCUT2D eigenvalue weighted by Crippen LogP contribution is -2.26. The molecule has 0 N–H and O–H groups in total. The summed E-state index contributed by atoms with van der Waals surface area (Å²) >= 11 is 0. The van der Waals surface area contributed by atoms with Gasteiger partial charge in [0.1, 0.15) is 5.82 Å². The average molecular weight is 370 g/mol. The lowest BCUT2D eigenvalue weighted by Gasteiger charge is -2.36. The van der Waals surface area contributed by atoms with E-state index < -0.39 is 17.5 Å². The SMILES string of the molecule is C=CC1CCC(C2CCc3cc(-c4cccc(F)c4F)c(F)cc3C2)CC1. The Bertz CT molecular complexity index is 847. The molecule has 0 bridgehead atoms. The van der Waals surface area contributed by atoms with E-state index in [0.29, 0.717) is 17.8 Å². The predicted molar refractivity (Wildman–Crippen MR) is 103 cm³/mol. The van der Waals surface area contributed by atoms with E-state index in [4.69, 9.17) is 0 Å². The highest BCUT2D eigenvalue weighted by atomic mass is 19.2. The van der Waals surface area contributed by atoms with Crippen LogP contribution in [0.15, 0.2) is 43.0 Å². The van der Waals surface area contributed by atoms with E-state index in [2.05, 4.69) is 12.7 Å². The van der Waals surface area contributed by atoms with Crippen LogP contribution in [0.5, 0.6) is 0 Å². The van der Waals surface area contributed by atoms with Crippen molar-refractivity contribution in [2.45, 2.75) is 44.9 Å². The minimum atomic E-state index is -0.982. The van der Waals surface area contributed by atoms with E-state index in [9.17, 15) is 13.2 Å². The molecular weight excluding hydrogens is 345 g/mol. The Morgan fingerprint density at radius 1 is 0.815 bits per heavy atom. The summed E-state index contributed by atoms with van der Waals surface area (Å²) in [6.45, 7) is 3.91. The summed E-state index contributed by atoms with van der Waals surface area (Å²) in [7, 11) is 0. The predicted octanol–water partition coefficient (Wildman–Crippen LogP) is 6.87. The lowest BCUT2D eigenvalue weighted by molar-refractivity contribution is 0.206. The molecule has 1 saturated carbocycles. The van der Waals surface area contributed by atoms with Crippen molar-refractivity contribution in [3.05, 3.63) is 71.6 Å². The number of rotatable bonds is 3. The van der Waals surface area contributed by atoms with Crippen molar-refractivity contribution in [3.63, 3.8) is 0 Å². The fourth-order valence-electron chi connectivity index (χ4n) is 4.98. The van der Waals surface area contributed by atoms with Crippen molar-refractivity contribution in [2.75, 3.05) is 0 Å². The van der Waals surface area contributed by atoms with Crippen molar-refractivity contribution >= 4 is 0 Å². The van der Waals surface area contributed by atoms with Crippen LogP contribution < -0.4 is 0 Å². The molecule has 0 amide bonds. The van der Waals surface area contributed by atoms with Crippen LogP contribution in [0.2, 0.25) is 0 Å². The van der Waals surface area contributed by atoms with E-state index in [1.54, 1.807) is 12.1 Å². The molecule has 0 nitrogen and oxygen atoms in total. The Kier molecular flexibility index (Phi) is 5.12.